The summed E-state index contributed by atoms with van der Waals surface area (Å²) < 4.78 is 0. The quantitative estimate of drug-likeness (QED) is 0.376. The number of halogens is 1. The third-order valence-corrected chi connectivity index (χ3v) is 2.13. The maximum absolute atomic E-state index is 8.55. The number of azo groups is 1. The van der Waals surface area contributed by atoms with E-state index in [1.165, 1.54) is 0 Å². The first-order chi connectivity index (χ1) is 9.56. The normalized spacial score (nSPS) is 10.6. The molecule has 0 aliphatic heterocycles. The molecule has 0 amide bonds. The molecule has 0 heterocycles. The highest BCUT2D eigenvalue weighted by Crippen LogP contribution is 2.14. The third-order valence-electron chi connectivity index (χ3n) is 2.13. The molecule has 108 valence electrons. The van der Waals surface area contributed by atoms with Crippen molar-refractivity contribution in [2.45, 2.75) is 13.0 Å². The van der Waals surface area contributed by atoms with Gasteiger partial charge in [0.05, 0.1) is 11.4 Å². The average Bonchev–Trinajstić information content (AvgIpc) is 2.46. The minimum atomic E-state index is -1.10. The highest BCUT2D eigenvalue weighted by molar-refractivity contribution is 5.99. The van der Waals surface area contributed by atoms with Gasteiger partial charge in [-0.1, -0.05) is 12.1 Å². The number of benzene rings is 1. The summed E-state index contributed by atoms with van der Waals surface area (Å²) in [5, 5.41) is 31.9. The maximum Gasteiger partial charge on any atom is 0.242 e. The summed E-state index contributed by atoms with van der Waals surface area (Å²) in [4.78, 5) is 0. The highest BCUT2D eigenvalue weighted by atomic mass is 35.5. The number of hydrogen-bond acceptors (Lipinski definition) is 6. The van der Waals surface area contributed by atoms with Crippen molar-refractivity contribution in [3.63, 3.8) is 0 Å². The number of guanidine groups is 1. The molecule has 0 atom stereocenters. The predicted molar refractivity (Wildman–Crippen MR) is 81.2 cm³/mol. The molecule has 0 aliphatic rings. The topological polar surface area (TPSA) is 149 Å². The molecule has 0 fully saturated rings. The van der Waals surface area contributed by atoms with E-state index in [2.05, 4.69) is 20.4 Å². The van der Waals surface area contributed by atoms with Crippen molar-refractivity contribution in [2.24, 2.45) is 31.9 Å². The first-order valence-electron chi connectivity index (χ1n) is 5.50. The molecule has 21 heavy (non-hydrogen) atoms. The van der Waals surface area contributed by atoms with E-state index in [-0.39, 0.29) is 18.4 Å². The van der Waals surface area contributed by atoms with Crippen molar-refractivity contribution < 1.29 is 0 Å². The molecule has 0 spiro atoms. The van der Waals surface area contributed by atoms with Crippen molar-refractivity contribution in [1.82, 2.24) is 0 Å². The minimum absolute atomic E-state index is 0. The summed E-state index contributed by atoms with van der Waals surface area (Å²) in [6, 6.07) is 9.17. The van der Waals surface area contributed by atoms with E-state index in [1.807, 2.05) is 0 Å². The van der Waals surface area contributed by atoms with Crippen molar-refractivity contribution in [2.75, 3.05) is 0 Å². The second kappa shape index (κ2) is 9.02. The molecule has 1 aromatic carbocycles. The van der Waals surface area contributed by atoms with E-state index in [4.69, 9.17) is 22.0 Å². The molecule has 0 saturated carbocycles. The smallest absolute Gasteiger partial charge is 0.242 e. The van der Waals surface area contributed by atoms with Gasteiger partial charge in [-0.15, -0.1) is 17.5 Å². The number of nitrogens with zero attached hydrogens (tertiary/aromatic N) is 6. The Morgan fingerprint density at radius 3 is 2.14 bits per heavy atom. The van der Waals surface area contributed by atoms with Gasteiger partial charge in [-0.25, -0.2) is 0 Å². The van der Waals surface area contributed by atoms with Crippen molar-refractivity contribution >= 4 is 29.8 Å². The highest BCUT2D eigenvalue weighted by Gasteiger charge is 2.01. The first kappa shape index (κ1) is 18.0. The number of nitriles is 2. The van der Waals surface area contributed by atoms with Crippen molar-refractivity contribution in [1.29, 1.82) is 10.5 Å². The summed E-state index contributed by atoms with van der Waals surface area (Å²) in [7, 11) is 0. The molecule has 0 saturated heterocycles. The van der Waals surface area contributed by atoms with Crippen LogP contribution in [-0.2, 0) is 0 Å². The molecule has 1 aromatic rings. The molecule has 0 radical (unpaired) electrons. The Hall–Kier alpha value is -2.97. The van der Waals surface area contributed by atoms with Gasteiger partial charge in [0, 0.05) is 0 Å². The van der Waals surface area contributed by atoms with Gasteiger partial charge in [-0.2, -0.15) is 25.9 Å². The van der Waals surface area contributed by atoms with Crippen LogP contribution in [0.3, 0.4) is 0 Å². The Morgan fingerprint density at radius 2 is 1.67 bits per heavy atom. The van der Waals surface area contributed by atoms with Crippen LogP contribution in [0.5, 0.6) is 0 Å². The zero-order valence-corrected chi connectivity index (χ0v) is 11.9. The van der Waals surface area contributed by atoms with E-state index in [0.29, 0.717) is 11.4 Å². The second-order valence-corrected chi connectivity index (χ2v) is 3.63. The van der Waals surface area contributed by atoms with Gasteiger partial charge in [0.1, 0.15) is 12.1 Å². The molecule has 0 unspecified atom stereocenters. The minimum Gasteiger partial charge on any atom is -0.369 e. The first-order valence-corrected chi connectivity index (χ1v) is 5.50. The Labute approximate surface area is 127 Å². The van der Waals surface area contributed by atoms with Crippen LogP contribution in [0.25, 0.3) is 0 Å². The molecular formula is C12H13ClN8. The summed E-state index contributed by atoms with van der Waals surface area (Å²) in [5.41, 5.74) is 12.3. The van der Waals surface area contributed by atoms with Gasteiger partial charge in [0.25, 0.3) is 0 Å². The van der Waals surface area contributed by atoms with E-state index in [1.54, 1.807) is 43.3 Å². The SMILES string of the molecule is C/C(=N/N=C(N)N)c1ccc(N=NC(C#N)C#N)cc1.Cl. The molecule has 4 N–H and O–H groups in total. The van der Waals surface area contributed by atoms with Crippen LogP contribution in [0.2, 0.25) is 0 Å². The molecule has 0 bridgehead atoms. The average molecular weight is 305 g/mol. The Balaban J connectivity index is 0.00000400. The van der Waals surface area contributed by atoms with Crippen LogP contribution in [0.1, 0.15) is 12.5 Å². The molecule has 8 nitrogen and oxygen atoms in total. The van der Waals surface area contributed by atoms with Crippen molar-refractivity contribution in [3.05, 3.63) is 29.8 Å². The van der Waals surface area contributed by atoms with Crippen LogP contribution in [0, 0.1) is 22.7 Å². The lowest BCUT2D eigenvalue weighted by atomic mass is 10.1. The molecular weight excluding hydrogens is 292 g/mol. The summed E-state index contributed by atoms with van der Waals surface area (Å²) >= 11 is 0. The van der Waals surface area contributed by atoms with E-state index < -0.39 is 6.04 Å². The van der Waals surface area contributed by atoms with Crippen LogP contribution in [-0.4, -0.2) is 17.7 Å². The molecule has 9 heteroatoms. The molecule has 0 aromatic heterocycles. The van der Waals surface area contributed by atoms with Gasteiger partial charge in [-0.05, 0) is 24.6 Å². The van der Waals surface area contributed by atoms with E-state index in [9.17, 15) is 0 Å². The van der Waals surface area contributed by atoms with Gasteiger partial charge in [0.2, 0.25) is 12.0 Å². The maximum atomic E-state index is 8.55. The van der Waals surface area contributed by atoms with Crippen LogP contribution in [0.4, 0.5) is 5.69 Å². The lowest BCUT2D eigenvalue weighted by Gasteiger charge is -1.99. The summed E-state index contributed by atoms with van der Waals surface area (Å²) in [6.07, 6.45) is 0. The Morgan fingerprint density at radius 1 is 1.10 bits per heavy atom. The Kier molecular flexibility index (Phi) is 7.74. The van der Waals surface area contributed by atoms with Crippen LogP contribution >= 0.6 is 12.4 Å². The fourth-order valence-electron chi connectivity index (χ4n) is 1.16. The van der Waals surface area contributed by atoms with Crippen LogP contribution < -0.4 is 11.5 Å². The lowest BCUT2D eigenvalue weighted by Crippen LogP contribution is -2.22. The monoisotopic (exact) mass is 304 g/mol. The standard InChI is InChI=1S/C12H12N8.ClH/c1-8(17-20-12(15)16)9-2-4-10(5-3-9)18-19-11(6-13)7-14;/h2-5,11H,1H3,(H4,15,16,20);1H/b17-8-,19-18?;. The molecule has 0 aliphatic carbocycles. The molecule has 1 rings (SSSR count). The van der Waals surface area contributed by atoms with Gasteiger partial charge in [-0.3, -0.25) is 0 Å². The lowest BCUT2D eigenvalue weighted by molar-refractivity contribution is 0.949. The third kappa shape index (κ3) is 6.14. The Bertz CT molecular complexity index is 615. The van der Waals surface area contributed by atoms with Crippen molar-refractivity contribution in [3.8, 4) is 12.1 Å². The number of rotatable bonds is 4. The summed E-state index contributed by atoms with van der Waals surface area (Å²) in [6.45, 7) is 1.75. The number of hydrogen-bond donors (Lipinski definition) is 2. The van der Waals surface area contributed by atoms with Crippen LogP contribution in [0.15, 0.2) is 44.7 Å². The largest absolute Gasteiger partial charge is 0.369 e. The number of nitrogens with two attached hydrogens (primary N) is 2. The second-order valence-electron chi connectivity index (χ2n) is 3.63. The van der Waals surface area contributed by atoms with E-state index >= 15 is 0 Å². The van der Waals surface area contributed by atoms with Gasteiger partial charge >= 0.3 is 0 Å². The predicted octanol–water partition coefficient (Wildman–Crippen LogP) is 1.61. The van der Waals surface area contributed by atoms with E-state index in [0.717, 1.165) is 5.56 Å². The summed E-state index contributed by atoms with van der Waals surface area (Å²) in [5.74, 6) is -0.117. The van der Waals surface area contributed by atoms with Gasteiger partial charge in [0.15, 0.2) is 0 Å². The zero-order chi connectivity index (χ0) is 15.0. The fourth-order valence-corrected chi connectivity index (χ4v) is 1.16. The van der Waals surface area contributed by atoms with Gasteiger partial charge < -0.3 is 11.5 Å². The fraction of sp³-hybridized carbons (Fsp3) is 0.167. The zero-order valence-electron chi connectivity index (χ0n) is 11.1.